The van der Waals surface area contributed by atoms with Crippen molar-refractivity contribution in [3.8, 4) is 0 Å². The van der Waals surface area contributed by atoms with Crippen molar-refractivity contribution in [3.05, 3.63) is 28.8 Å². The van der Waals surface area contributed by atoms with Gasteiger partial charge in [0.2, 0.25) is 0 Å². The van der Waals surface area contributed by atoms with Crippen molar-refractivity contribution in [2.24, 2.45) is 5.73 Å². The van der Waals surface area contributed by atoms with Crippen LogP contribution in [0.3, 0.4) is 0 Å². The molecule has 0 aliphatic heterocycles. The number of nitrogens with two attached hydrogens (primary N) is 1. The summed E-state index contributed by atoms with van der Waals surface area (Å²) in [6.07, 6.45) is -4.36. The van der Waals surface area contributed by atoms with Crippen LogP contribution in [-0.4, -0.2) is 31.0 Å². The Balaban J connectivity index is 3.02. The van der Waals surface area contributed by atoms with Gasteiger partial charge in [-0.2, -0.15) is 13.2 Å². The summed E-state index contributed by atoms with van der Waals surface area (Å²) < 4.78 is 37.4. The van der Waals surface area contributed by atoms with Crippen molar-refractivity contribution < 1.29 is 18.3 Å². The van der Waals surface area contributed by atoms with Crippen molar-refractivity contribution in [2.45, 2.75) is 19.1 Å². The third-order valence-corrected chi connectivity index (χ3v) is 2.88. The molecule has 3 nitrogen and oxygen atoms in total. The molecule has 0 saturated carbocycles. The molecule has 0 aromatic heterocycles. The van der Waals surface area contributed by atoms with Gasteiger partial charge >= 0.3 is 6.18 Å². The van der Waals surface area contributed by atoms with Crippen molar-refractivity contribution in [1.82, 2.24) is 0 Å². The average Bonchev–Trinajstić information content (AvgIpc) is 2.26. The lowest BCUT2D eigenvalue weighted by Gasteiger charge is -2.26. The summed E-state index contributed by atoms with van der Waals surface area (Å²) in [5.41, 5.74) is 6.65. The number of halogens is 4. The van der Waals surface area contributed by atoms with Crippen LogP contribution in [0.4, 0.5) is 18.9 Å². The van der Waals surface area contributed by atoms with Gasteiger partial charge in [0.1, 0.15) is 6.54 Å². The first-order chi connectivity index (χ1) is 8.74. The van der Waals surface area contributed by atoms with E-state index < -0.39 is 12.7 Å². The monoisotopic (exact) mass is 296 g/mol. The van der Waals surface area contributed by atoms with E-state index in [4.69, 9.17) is 22.4 Å². The molecule has 1 rings (SSSR count). The van der Waals surface area contributed by atoms with Gasteiger partial charge in [0, 0.05) is 12.6 Å². The van der Waals surface area contributed by atoms with E-state index in [1.54, 1.807) is 19.1 Å². The van der Waals surface area contributed by atoms with Crippen LogP contribution in [0.15, 0.2) is 18.2 Å². The summed E-state index contributed by atoms with van der Waals surface area (Å²) in [6.45, 7) is 0.0650. The fourth-order valence-electron chi connectivity index (χ4n) is 1.68. The molecule has 7 heteroatoms. The summed E-state index contributed by atoms with van der Waals surface area (Å²) in [4.78, 5) is 0.993. The van der Waals surface area contributed by atoms with E-state index in [1.165, 1.54) is 6.07 Å². The van der Waals surface area contributed by atoms with Crippen molar-refractivity contribution >= 4 is 17.3 Å². The zero-order valence-corrected chi connectivity index (χ0v) is 11.2. The number of anilines is 1. The minimum absolute atomic E-state index is 0.142. The molecule has 1 aromatic rings. The van der Waals surface area contributed by atoms with Crippen molar-refractivity contribution in [2.75, 3.05) is 24.6 Å². The molecule has 1 aromatic carbocycles. The predicted molar refractivity (Wildman–Crippen MR) is 69.4 cm³/mol. The molecular weight excluding hydrogens is 281 g/mol. The summed E-state index contributed by atoms with van der Waals surface area (Å²) in [6, 6.07) is 4.41. The van der Waals surface area contributed by atoms with E-state index in [1.807, 2.05) is 0 Å². The molecule has 1 atom stereocenters. The summed E-state index contributed by atoms with van der Waals surface area (Å²) in [7, 11) is 0. The highest BCUT2D eigenvalue weighted by Crippen LogP contribution is 2.30. The van der Waals surface area contributed by atoms with Gasteiger partial charge in [0.25, 0.3) is 0 Å². The summed E-state index contributed by atoms with van der Waals surface area (Å²) in [5.74, 6) is 0. The Kier molecular flexibility index (Phi) is 5.46. The zero-order valence-electron chi connectivity index (χ0n) is 10.4. The topological polar surface area (TPSA) is 49.5 Å². The number of hydrogen-bond acceptors (Lipinski definition) is 3. The molecule has 0 bridgehead atoms. The molecule has 108 valence electrons. The molecule has 0 radical (unpaired) electrons. The van der Waals surface area contributed by atoms with E-state index in [2.05, 4.69) is 0 Å². The normalized spacial score (nSPS) is 13.4. The molecular formula is C12H16ClF3N2O. The fraction of sp³-hybridized carbons (Fsp3) is 0.500. The van der Waals surface area contributed by atoms with Gasteiger partial charge in [0.15, 0.2) is 0 Å². The molecule has 0 aliphatic carbocycles. The first-order valence-corrected chi connectivity index (χ1v) is 6.10. The molecule has 0 aliphatic rings. The van der Waals surface area contributed by atoms with Gasteiger partial charge in [-0.25, -0.2) is 0 Å². The van der Waals surface area contributed by atoms with E-state index in [0.29, 0.717) is 0 Å². The largest absolute Gasteiger partial charge is 0.405 e. The van der Waals surface area contributed by atoms with Crippen molar-refractivity contribution in [1.29, 1.82) is 0 Å². The SMILES string of the molecule is C[C@H](N)c1ccc(N(CCO)CC(F)(F)F)c(Cl)c1. The van der Waals surface area contributed by atoms with Crippen LogP contribution in [0.5, 0.6) is 0 Å². The lowest BCUT2D eigenvalue weighted by molar-refractivity contribution is -0.119. The maximum Gasteiger partial charge on any atom is 0.405 e. The maximum atomic E-state index is 12.5. The van der Waals surface area contributed by atoms with Gasteiger partial charge in [-0.1, -0.05) is 17.7 Å². The van der Waals surface area contributed by atoms with E-state index in [-0.39, 0.29) is 29.9 Å². The number of alkyl halides is 3. The first-order valence-electron chi connectivity index (χ1n) is 5.72. The van der Waals surface area contributed by atoms with Gasteiger partial charge < -0.3 is 15.7 Å². The second-order valence-corrected chi connectivity index (χ2v) is 4.67. The van der Waals surface area contributed by atoms with Crippen LogP contribution in [-0.2, 0) is 0 Å². The van der Waals surface area contributed by atoms with Crippen LogP contribution in [0.25, 0.3) is 0 Å². The Bertz CT molecular complexity index is 424. The van der Waals surface area contributed by atoms with E-state index in [0.717, 1.165) is 10.5 Å². The number of aliphatic hydroxyl groups is 1. The second-order valence-electron chi connectivity index (χ2n) is 4.26. The highest BCUT2D eigenvalue weighted by Gasteiger charge is 2.31. The van der Waals surface area contributed by atoms with Crippen LogP contribution < -0.4 is 10.6 Å². The number of benzene rings is 1. The van der Waals surface area contributed by atoms with Gasteiger partial charge in [-0.05, 0) is 24.6 Å². The lowest BCUT2D eigenvalue weighted by Crippen LogP contribution is -2.36. The Morgan fingerprint density at radius 1 is 1.42 bits per heavy atom. The standard InChI is InChI=1S/C12H16ClF3N2O/c1-8(17)9-2-3-11(10(13)6-9)18(4-5-19)7-12(14,15)16/h2-3,6,8,19H,4-5,7,17H2,1H3/t8-/m0/s1. The van der Waals surface area contributed by atoms with Gasteiger partial charge in [-0.3, -0.25) is 0 Å². The number of rotatable bonds is 5. The molecule has 0 fully saturated rings. The molecule has 19 heavy (non-hydrogen) atoms. The lowest BCUT2D eigenvalue weighted by atomic mass is 10.1. The Morgan fingerprint density at radius 3 is 2.47 bits per heavy atom. The minimum atomic E-state index is -4.36. The quantitative estimate of drug-likeness (QED) is 0.878. The Labute approximate surface area is 114 Å². The van der Waals surface area contributed by atoms with Crippen molar-refractivity contribution in [3.63, 3.8) is 0 Å². The third-order valence-electron chi connectivity index (χ3n) is 2.58. The van der Waals surface area contributed by atoms with Crippen LogP contribution >= 0.6 is 11.6 Å². The summed E-state index contributed by atoms with van der Waals surface area (Å²) >= 11 is 5.99. The molecule has 0 unspecified atom stereocenters. The first kappa shape index (κ1) is 16.1. The molecule has 3 N–H and O–H groups in total. The van der Waals surface area contributed by atoms with Crippen LogP contribution in [0.1, 0.15) is 18.5 Å². The number of nitrogens with zero attached hydrogens (tertiary/aromatic N) is 1. The average molecular weight is 297 g/mol. The second kappa shape index (κ2) is 6.45. The third kappa shape index (κ3) is 4.89. The predicted octanol–water partition coefficient (Wildman–Crippen LogP) is 2.72. The smallest absolute Gasteiger partial charge is 0.395 e. The minimum Gasteiger partial charge on any atom is -0.395 e. The number of aliphatic hydroxyl groups excluding tert-OH is 1. The van der Waals surface area contributed by atoms with E-state index >= 15 is 0 Å². The molecule has 0 amide bonds. The summed E-state index contributed by atoms with van der Waals surface area (Å²) in [5, 5.41) is 9.04. The molecule has 0 heterocycles. The number of hydrogen-bond donors (Lipinski definition) is 2. The van der Waals surface area contributed by atoms with Crippen LogP contribution in [0.2, 0.25) is 5.02 Å². The highest BCUT2D eigenvalue weighted by atomic mass is 35.5. The fourth-order valence-corrected chi connectivity index (χ4v) is 1.99. The Morgan fingerprint density at radius 2 is 2.05 bits per heavy atom. The van der Waals surface area contributed by atoms with E-state index in [9.17, 15) is 13.2 Å². The molecule has 0 saturated heterocycles. The zero-order chi connectivity index (χ0) is 14.6. The highest BCUT2D eigenvalue weighted by molar-refractivity contribution is 6.33. The van der Waals surface area contributed by atoms with Gasteiger partial charge in [0.05, 0.1) is 17.3 Å². The van der Waals surface area contributed by atoms with Crippen LogP contribution in [0, 0.1) is 0 Å². The maximum absolute atomic E-state index is 12.5. The Hall–Kier alpha value is -0.980. The molecule has 0 spiro atoms. The van der Waals surface area contributed by atoms with Gasteiger partial charge in [-0.15, -0.1) is 0 Å².